The SMILES string of the molecule is CC1(C)OCC=C1B(O)O. The second-order valence-corrected chi connectivity index (χ2v) is 2.85. The van der Waals surface area contributed by atoms with Gasteiger partial charge >= 0.3 is 7.12 Å². The molecule has 0 saturated heterocycles. The first-order chi connectivity index (χ1) is 4.54. The number of hydrogen-bond acceptors (Lipinski definition) is 3. The molecule has 0 bridgehead atoms. The zero-order chi connectivity index (χ0) is 7.78. The van der Waals surface area contributed by atoms with E-state index in [1.807, 2.05) is 13.8 Å². The van der Waals surface area contributed by atoms with Gasteiger partial charge < -0.3 is 14.8 Å². The van der Waals surface area contributed by atoms with Gasteiger partial charge in [-0.05, 0) is 19.3 Å². The summed E-state index contributed by atoms with van der Waals surface area (Å²) in [5.74, 6) is 0. The highest BCUT2D eigenvalue weighted by Gasteiger charge is 2.35. The van der Waals surface area contributed by atoms with Crippen molar-refractivity contribution in [1.82, 2.24) is 0 Å². The molecule has 0 aliphatic carbocycles. The van der Waals surface area contributed by atoms with Crippen molar-refractivity contribution >= 4 is 7.12 Å². The van der Waals surface area contributed by atoms with Crippen LogP contribution in [0.5, 0.6) is 0 Å². The molecule has 0 unspecified atom stereocenters. The smallest absolute Gasteiger partial charge is 0.423 e. The second kappa shape index (κ2) is 2.38. The van der Waals surface area contributed by atoms with Gasteiger partial charge in [0.15, 0.2) is 0 Å². The van der Waals surface area contributed by atoms with Gasteiger partial charge in [-0.1, -0.05) is 6.08 Å². The largest absolute Gasteiger partial charge is 0.486 e. The number of rotatable bonds is 1. The fourth-order valence-corrected chi connectivity index (χ4v) is 1.09. The van der Waals surface area contributed by atoms with Crippen molar-refractivity contribution in [2.24, 2.45) is 0 Å². The molecule has 10 heavy (non-hydrogen) atoms. The van der Waals surface area contributed by atoms with Crippen LogP contribution in [0.2, 0.25) is 0 Å². The number of hydrogen-bond donors (Lipinski definition) is 2. The molecule has 56 valence electrons. The van der Waals surface area contributed by atoms with Crippen molar-refractivity contribution in [2.45, 2.75) is 19.4 Å². The van der Waals surface area contributed by atoms with E-state index in [1.165, 1.54) is 0 Å². The average molecular weight is 142 g/mol. The zero-order valence-corrected chi connectivity index (χ0v) is 6.16. The highest BCUT2D eigenvalue weighted by molar-refractivity contribution is 6.51. The predicted molar refractivity (Wildman–Crippen MR) is 38.3 cm³/mol. The second-order valence-electron chi connectivity index (χ2n) is 2.85. The lowest BCUT2D eigenvalue weighted by Gasteiger charge is -2.21. The van der Waals surface area contributed by atoms with Gasteiger partial charge in [0.2, 0.25) is 0 Å². The van der Waals surface area contributed by atoms with Crippen molar-refractivity contribution < 1.29 is 14.8 Å². The molecular weight excluding hydrogens is 131 g/mol. The molecule has 0 radical (unpaired) electrons. The van der Waals surface area contributed by atoms with Crippen molar-refractivity contribution in [3.8, 4) is 0 Å². The van der Waals surface area contributed by atoms with Crippen LogP contribution in [0, 0.1) is 0 Å². The van der Waals surface area contributed by atoms with Crippen LogP contribution in [0.4, 0.5) is 0 Å². The van der Waals surface area contributed by atoms with Gasteiger partial charge in [-0.3, -0.25) is 0 Å². The molecule has 1 heterocycles. The minimum Gasteiger partial charge on any atom is -0.423 e. The van der Waals surface area contributed by atoms with Gasteiger partial charge in [-0.25, -0.2) is 0 Å². The van der Waals surface area contributed by atoms with Crippen LogP contribution in [-0.4, -0.2) is 29.4 Å². The van der Waals surface area contributed by atoms with E-state index >= 15 is 0 Å². The van der Waals surface area contributed by atoms with Gasteiger partial charge in [0.05, 0.1) is 12.2 Å². The Labute approximate surface area is 60.5 Å². The molecule has 1 aliphatic heterocycles. The highest BCUT2D eigenvalue weighted by Crippen LogP contribution is 2.26. The Bertz CT molecular complexity index is 162. The molecule has 0 aromatic heterocycles. The first-order valence-corrected chi connectivity index (χ1v) is 3.24. The van der Waals surface area contributed by atoms with Crippen molar-refractivity contribution in [1.29, 1.82) is 0 Å². The molecule has 0 atom stereocenters. The van der Waals surface area contributed by atoms with E-state index in [9.17, 15) is 0 Å². The molecule has 3 nitrogen and oxygen atoms in total. The molecule has 1 aliphatic rings. The summed E-state index contributed by atoms with van der Waals surface area (Å²) in [7, 11) is -1.38. The van der Waals surface area contributed by atoms with E-state index in [2.05, 4.69) is 0 Å². The summed E-state index contributed by atoms with van der Waals surface area (Å²) >= 11 is 0. The number of ether oxygens (including phenoxy) is 1. The Morgan fingerprint density at radius 2 is 2.20 bits per heavy atom. The van der Waals surface area contributed by atoms with Crippen molar-refractivity contribution in [2.75, 3.05) is 6.61 Å². The van der Waals surface area contributed by atoms with Gasteiger partial charge in [0.25, 0.3) is 0 Å². The van der Waals surface area contributed by atoms with E-state index in [1.54, 1.807) is 6.08 Å². The van der Waals surface area contributed by atoms with Gasteiger partial charge in [-0.15, -0.1) is 0 Å². The maximum absolute atomic E-state index is 8.80. The maximum Gasteiger partial charge on any atom is 0.486 e. The Hall–Kier alpha value is -0.315. The van der Waals surface area contributed by atoms with E-state index < -0.39 is 12.7 Å². The Morgan fingerprint density at radius 1 is 1.60 bits per heavy atom. The minimum absolute atomic E-state index is 0.472. The van der Waals surface area contributed by atoms with Crippen LogP contribution < -0.4 is 0 Å². The van der Waals surface area contributed by atoms with Crippen LogP contribution in [0.15, 0.2) is 11.5 Å². The molecule has 0 aromatic carbocycles. The monoisotopic (exact) mass is 142 g/mol. The van der Waals surface area contributed by atoms with Gasteiger partial charge in [0, 0.05) is 0 Å². The molecular formula is C6H11BO3. The van der Waals surface area contributed by atoms with E-state index in [0.717, 1.165) is 0 Å². The fourth-order valence-electron chi connectivity index (χ4n) is 1.09. The van der Waals surface area contributed by atoms with Gasteiger partial charge in [-0.2, -0.15) is 0 Å². The Morgan fingerprint density at radius 3 is 2.40 bits per heavy atom. The van der Waals surface area contributed by atoms with Crippen molar-refractivity contribution in [3.05, 3.63) is 11.5 Å². The normalized spacial score (nSPS) is 22.6. The third-order valence-electron chi connectivity index (χ3n) is 1.72. The molecule has 0 fully saturated rings. The first-order valence-electron chi connectivity index (χ1n) is 3.24. The quantitative estimate of drug-likeness (QED) is 0.495. The van der Waals surface area contributed by atoms with E-state index in [-0.39, 0.29) is 0 Å². The average Bonchev–Trinajstić information content (AvgIpc) is 2.08. The standard InChI is InChI=1S/C6H11BO3/c1-6(2)5(7(8)9)3-4-10-6/h3,8-9H,4H2,1-2H3. The molecule has 0 saturated carbocycles. The topological polar surface area (TPSA) is 49.7 Å². The lowest BCUT2D eigenvalue weighted by Crippen LogP contribution is -2.32. The Balaban J connectivity index is 2.75. The zero-order valence-electron chi connectivity index (χ0n) is 6.16. The third kappa shape index (κ3) is 1.23. The van der Waals surface area contributed by atoms with E-state index in [0.29, 0.717) is 12.1 Å². The van der Waals surface area contributed by atoms with Crippen LogP contribution in [-0.2, 0) is 4.74 Å². The molecule has 1 rings (SSSR count). The van der Waals surface area contributed by atoms with Crippen LogP contribution in [0.3, 0.4) is 0 Å². The lowest BCUT2D eigenvalue weighted by molar-refractivity contribution is 0.0520. The van der Waals surface area contributed by atoms with E-state index in [4.69, 9.17) is 14.8 Å². The lowest BCUT2D eigenvalue weighted by atomic mass is 9.71. The van der Waals surface area contributed by atoms with Crippen LogP contribution in [0.1, 0.15) is 13.8 Å². The van der Waals surface area contributed by atoms with Crippen molar-refractivity contribution in [3.63, 3.8) is 0 Å². The summed E-state index contributed by atoms with van der Waals surface area (Å²) in [5, 5.41) is 17.6. The minimum atomic E-state index is -1.38. The molecule has 4 heteroatoms. The summed E-state index contributed by atoms with van der Waals surface area (Å²) in [5.41, 5.74) is 0.0428. The van der Waals surface area contributed by atoms with Gasteiger partial charge in [0.1, 0.15) is 0 Å². The molecule has 0 amide bonds. The third-order valence-corrected chi connectivity index (χ3v) is 1.72. The Kier molecular flexibility index (Phi) is 1.85. The van der Waals surface area contributed by atoms with Crippen LogP contribution in [0.25, 0.3) is 0 Å². The first kappa shape index (κ1) is 7.79. The summed E-state index contributed by atoms with van der Waals surface area (Å²) in [4.78, 5) is 0. The highest BCUT2D eigenvalue weighted by atomic mass is 16.5. The molecule has 2 N–H and O–H groups in total. The van der Waals surface area contributed by atoms with Crippen LogP contribution >= 0.6 is 0 Å². The summed E-state index contributed by atoms with van der Waals surface area (Å²) in [6.07, 6.45) is 1.70. The maximum atomic E-state index is 8.80. The summed E-state index contributed by atoms with van der Waals surface area (Å²) in [6, 6.07) is 0. The summed E-state index contributed by atoms with van der Waals surface area (Å²) < 4.78 is 5.20. The fraction of sp³-hybridized carbons (Fsp3) is 0.667. The summed E-state index contributed by atoms with van der Waals surface area (Å²) in [6.45, 7) is 4.09. The molecule has 0 spiro atoms. The molecule has 0 aromatic rings. The predicted octanol–water partition coefficient (Wildman–Crippen LogP) is -0.266.